The van der Waals surface area contributed by atoms with Crippen LogP contribution in [-0.2, 0) is 9.31 Å². The topological polar surface area (TPSA) is 28.2 Å². The molecule has 0 atom stereocenters. The highest BCUT2D eigenvalue weighted by Gasteiger charge is 2.48. The molecule has 4 aliphatic rings. The smallest absolute Gasteiger partial charge is 0.428 e. The van der Waals surface area contributed by atoms with Crippen molar-refractivity contribution in [2.75, 3.05) is 32.8 Å². The van der Waals surface area contributed by atoms with Crippen LogP contribution in [-0.4, -0.2) is 68.4 Å². The van der Waals surface area contributed by atoms with Crippen molar-refractivity contribution in [3.63, 3.8) is 0 Å². The minimum atomic E-state index is 0.170. The molecule has 0 aliphatic carbocycles. The van der Waals surface area contributed by atoms with Crippen LogP contribution in [0.4, 0.5) is 0 Å². The molecule has 1 radical (unpaired) electrons. The van der Waals surface area contributed by atoms with E-state index in [4.69, 9.17) is 9.31 Å². The quantitative estimate of drug-likeness (QED) is 0.561. The minimum Gasteiger partial charge on any atom is -0.588 e. The van der Waals surface area contributed by atoms with E-state index in [-0.39, 0.29) is 14.4 Å². The molecule has 4 fully saturated rings. The Labute approximate surface area is 110 Å². The molecule has 4 heterocycles. The molecule has 0 amide bonds. The summed E-state index contributed by atoms with van der Waals surface area (Å²) in [5, 5.41) is 0. The Hall–Kier alpha value is -0.00519. The highest BCUT2D eigenvalue weighted by molar-refractivity contribution is 6.82. The van der Waals surface area contributed by atoms with Gasteiger partial charge in [0.15, 0.2) is 0 Å². The molecule has 18 heavy (non-hydrogen) atoms. The van der Waals surface area contributed by atoms with Crippen molar-refractivity contribution in [1.82, 2.24) is 14.2 Å². The summed E-state index contributed by atoms with van der Waals surface area (Å²) < 4.78 is 19.6. The van der Waals surface area contributed by atoms with E-state index in [1.165, 1.54) is 38.7 Å². The molecule has 4 rings (SSSR count). The maximum absolute atomic E-state index is 6.05. The van der Waals surface area contributed by atoms with Crippen molar-refractivity contribution in [3.05, 3.63) is 0 Å². The van der Waals surface area contributed by atoms with Gasteiger partial charge in [-0.2, -0.15) is 0 Å². The lowest BCUT2D eigenvalue weighted by atomic mass is 9.49. The molecule has 0 N–H and O–H groups in total. The molecule has 0 bridgehead atoms. The maximum Gasteiger partial charge on any atom is 0.428 e. The highest BCUT2D eigenvalue weighted by Crippen LogP contribution is 2.31. The van der Waals surface area contributed by atoms with E-state index in [0.717, 1.165) is 26.2 Å². The summed E-state index contributed by atoms with van der Waals surface area (Å²) in [6.07, 6.45) is 6.22. The fourth-order valence-corrected chi connectivity index (χ4v) is 3.92. The molecular formula is C10H20B3N3O2-. The Kier molecular flexibility index (Phi) is 3.17. The summed E-state index contributed by atoms with van der Waals surface area (Å²) in [5.74, 6) is 0. The van der Waals surface area contributed by atoms with Crippen LogP contribution in [0.3, 0.4) is 0 Å². The molecule has 0 saturated carbocycles. The maximum atomic E-state index is 6.05. The fourth-order valence-electron chi connectivity index (χ4n) is 3.92. The number of nitrogens with zero attached hydrogens (tertiary/aromatic N) is 3. The Morgan fingerprint density at radius 2 is 1.78 bits per heavy atom. The number of hydrogen-bond donors (Lipinski definition) is 0. The highest BCUT2D eigenvalue weighted by atomic mass is 16.5. The van der Waals surface area contributed by atoms with Crippen molar-refractivity contribution in [1.29, 1.82) is 0 Å². The first-order valence-corrected chi connectivity index (χ1v) is 7.45. The zero-order valence-electron chi connectivity index (χ0n) is 11.0. The monoisotopic (exact) mass is 247 g/mol. The van der Waals surface area contributed by atoms with Crippen LogP contribution in [0.1, 0.15) is 25.7 Å². The molecule has 0 aromatic rings. The molecule has 5 nitrogen and oxygen atoms in total. The molecule has 4 saturated heterocycles. The van der Waals surface area contributed by atoms with E-state index < -0.39 is 0 Å². The van der Waals surface area contributed by atoms with Gasteiger partial charge in [0.2, 0.25) is 0 Å². The second-order valence-corrected chi connectivity index (χ2v) is 5.79. The van der Waals surface area contributed by atoms with Gasteiger partial charge in [-0.05, 0) is 45.2 Å². The lowest BCUT2D eigenvalue weighted by Gasteiger charge is -2.66. The standard InChI is InChI=1S/C10H20B3N3O2/c1-2-6-14-11(5-1)15-7-3-9-17-13(15)16-8-4-10-18-12(14)16/h1-10H2/q-1. The van der Waals surface area contributed by atoms with Gasteiger partial charge in [-0.15, -0.1) is 0 Å². The van der Waals surface area contributed by atoms with E-state index in [1.54, 1.807) is 0 Å². The average Bonchev–Trinajstić information content (AvgIpc) is 2.48. The van der Waals surface area contributed by atoms with Gasteiger partial charge < -0.3 is 23.5 Å². The first kappa shape index (κ1) is 11.8. The molecular weight excluding hydrogens is 227 g/mol. The predicted octanol–water partition coefficient (Wildman–Crippen LogP) is -0.00160. The second-order valence-electron chi connectivity index (χ2n) is 5.79. The molecule has 8 heteroatoms. The Bertz CT molecular complexity index is 235. The van der Waals surface area contributed by atoms with Crippen LogP contribution in [0.5, 0.6) is 0 Å². The van der Waals surface area contributed by atoms with Gasteiger partial charge in [-0.3, -0.25) is 0 Å². The fraction of sp³-hybridized carbons (Fsp3) is 1.00. The predicted molar refractivity (Wildman–Crippen MR) is 72.6 cm³/mol. The SMILES string of the molecule is C1CCN2B(C1)N1CCCO[B-]1N1CCCOB21. The Balaban J connectivity index is 1.64. The van der Waals surface area contributed by atoms with Gasteiger partial charge in [-0.1, -0.05) is 6.42 Å². The van der Waals surface area contributed by atoms with E-state index in [9.17, 15) is 0 Å². The first-order valence-electron chi connectivity index (χ1n) is 7.45. The van der Waals surface area contributed by atoms with Crippen molar-refractivity contribution in [2.24, 2.45) is 0 Å². The van der Waals surface area contributed by atoms with Crippen LogP contribution in [0.15, 0.2) is 0 Å². The average molecular weight is 247 g/mol. The first-order chi connectivity index (χ1) is 8.95. The van der Waals surface area contributed by atoms with E-state index >= 15 is 0 Å². The zero-order chi connectivity index (χ0) is 11.9. The van der Waals surface area contributed by atoms with Gasteiger partial charge in [0.25, 0.3) is 6.98 Å². The summed E-state index contributed by atoms with van der Waals surface area (Å²) in [5.41, 5.74) is 0. The molecule has 97 valence electrons. The Morgan fingerprint density at radius 1 is 0.889 bits per heavy atom. The Morgan fingerprint density at radius 3 is 2.78 bits per heavy atom. The van der Waals surface area contributed by atoms with Crippen LogP contribution in [0.2, 0.25) is 6.32 Å². The van der Waals surface area contributed by atoms with Gasteiger partial charge in [0.05, 0.1) is 0 Å². The van der Waals surface area contributed by atoms with Gasteiger partial charge in [0.1, 0.15) is 7.19 Å². The van der Waals surface area contributed by atoms with Crippen molar-refractivity contribution in [2.45, 2.75) is 32.0 Å². The molecule has 0 aromatic carbocycles. The number of fused-ring (bicyclic) bond motifs is 6. The third-order valence-corrected chi connectivity index (χ3v) is 4.68. The lowest BCUT2D eigenvalue weighted by Crippen LogP contribution is -2.81. The van der Waals surface area contributed by atoms with E-state index in [1.807, 2.05) is 0 Å². The third kappa shape index (κ3) is 1.78. The summed E-state index contributed by atoms with van der Waals surface area (Å²) >= 11 is 0. The number of rotatable bonds is 0. The summed E-state index contributed by atoms with van der Waals surface area (Å²) in [6.45, 7) is 5.80. The summed E-state index contributed by atoms with van der Waals surface area (Å²) in [6, 6.07) is 0. The molecule has 0 spiro atoms. The van der Waals surface area contributed by atoms with Crippen molar-refractivity contribution in [3.8, 4) is 0 Å². The largest absolute Gasteiger partial charge is 0.588 e. The van der Waals surface area contributed by atoms with Crippen LogP contribution >= 0.6 is 0 Å². The summed E-state index contributed by atoms with van der Waals surface area (Å²) in [4.78, 5) is 0. The third-order valence-electron chi connectivity index (χ3n) is 4.68. The zero-order valence-corrected chi connectivity index (χ0v) is 11.0. The van der Waals surface area contributed by atoms with Crippen LogP contribution in [0, 0.1) is 0 Å². The van der Waals surface area contributed by atoms with Crippen molar-refractivity contribution < 1.29 is 9.31 Å². The summed E-state index contributed by atoms with van der Waals surface area (Å²) in [7, 11) is 0.340. The van der Waals surface area contributed by atoms with Gasteiger partial charge >= 0.3 is 7.19 Å². The minimum absolute atomic E-state index is 0.170. The van der Waals surface area contributed by atoms with E-state index in [0.29, 0.717) is 6.98 Å². The van der Waals surface area contributed by atoms with Crippen molar-refractivity contribution >= 4 is 21.4 Å². The van der Waals surface area contributed by atoms with Gasteiger partial charge in [-0.25, -0.2) is 0 Å². The second kappa shape index (κ2) is 4.83. The van der Waals surface area contributed by atoms with Crippen LogP contribution in [0.25, 0.3) is 0 Å². The lowest BCUT2D eigenvalue weighted by molar-refractivity contribution is 0.140. The molecule has 4 aliphatic heterocycles. The normalized spacial score (nSPS) is 32.0. The van der Waals surface area contributed by atoms with Gasteiger partial charge in [0, 0.05) is 13.2 Å². The van der Waals surface area contributed by atoms with E-state index in [2.05, 4.69) is 14.2 Å². The number of hydrogen-bond acceptors (Lipinski definition) is 5. The molecule has 0 aromatic heterocycles. The molecule has 0 unspecified atom stereocenters. The van der Waals surface area contributed by atoms with Crippen LogP contribution < -0.4 is 0 Å².